The Balaban J connectivity index is 1.81. The number of piperidine rings is 1. The van der Waals surface area contributed by atoms with Gasteiger partial charge in [-0.1, -0.05) is 12.1 Å². The maximum atomic E-state index is 13.0. The molecule has 7 nitrogen and oxygen atoms in total. The number of carbonyl (C=O) groups excluding carboxylic acids is 1. The first-order valence-electron chi connectivity index (χ1n) is 9.68. The number of hydrogen-bond acceptors (Lipinski definition) is 5. The Kier molecular flexibility index (Phi) is 6.11. The van der Waals surface area contributed by atoms with Crippen molar-refractivity contribution in [3.63, 3.8) is 0 Å². The summed E-state index contributed by atoms with van der Waals surface area (Å²) in [5.74, 6) is 0.420. The van der Waals surface area contributed by atoms with Gasteiger partial charge in [-0.2, -0.15) is 0 Å². The molecule has 1 atom stereocenters. The summed E-state index contributed by atoms with van der Waals surface area (Å²) in [6.45, 7) is 5.31. The lowest BCUT2D eigenvalue weighted by molar-refractivity contribution is -0.125. The van der Waals surface area contributed by atoms with Crippen molar-refractivity contribution in [3.8, 4) is 0 Å². The summed E-state index contributed by atoms with van der Waals surface area (Å²) < 4.78 is 1.76. The molecular formula is C20H29N5O2. The van der Waals surface area contributed by atoms with E-state index in [2.05, 4.69) is 10.3 Å². The molecule has 7 heteroatoms. The number of anilines is 1. The Bertz CT molecular complexity index is 861. The van der Waals surface area contributed by atoms with Crippen molar-refractivity contribution in [2.24, 2.45) is 5.92 Å². The van der Waals surface area contributed by atoms with Crippen LogP contribution in [0.4, 0.5) is 5.82 Å². The smallest absolute Gasteiger partial charge is 0.293 e. The van der Waals surface area contributed by atoms with Crippen LogP contribution in [0.2, 0.25) is 0 Å². The average Bonchev–Trinajstić information content (AvgIpc) is 2.67. The number of amides is 1. The van der Waals surface area contributed by atoms with E-state index in [4.69, 9.17) is 0 Å². The number of benzene rings is 1. The van der Waals surface area contributed by atoms with Crippen LogP contribution in [0.5, 0.6) is 0 Å². The Morgan fingerprint density at radius 3 is 2.85 bits per heavy atom. The molecule has 0 aliphatic carbocycles. The fourth-order valence-electron chi connectivity index (χ4n) is 3.63. The number of carbonyl (C=O) groups is 1. The Morgan fingerprint density at radius 1 is 1.33 bits per heavy atom. The van der Waals surface area contributed by atoms with Crippen LogP contribution < -0.4 is 15.8 Å². The van der Waals surface area contributed by atoms with E-state index in [1.807, 2.05) is 55.1 Å². The number of aromatic nitrogens is 2. The zero-order chi connectivity index (χ0) is 19.4. The van der Waals surface area contributed by atoms with Crippen LogP contribution in [-0.4, -0.2) is 60.6 Å². The topological polar surface area (TPSA) is 70.5 Å². The lowest BCUT2D eigenvalue weighted by Gasteiger charge is -2.32. The molecule has 1 unspecified atom stereocenters. The van der Waals surface area contributed by atoms with E-state index in [1.165, 1.54) is 0 Å². The van der Waals surface area contributed by atoms with Crippen LogP contribution in [0.3, 0.4) is 0 Å². The molecule has 0 saturated carbocycles. The first kappa shape index (κ1) is 19.4. The second-order valence-corrected chi connectivity index (χ2v) is 7.35. The lowest BCUT2D eigenvalue weighted by Crippen LogP contribution is -2.46. The van der Waals surface area contributed by atoms with E-state index in [1.54, 1.807) is 4.57 Å². The summed E-state index contributed by atoms with van der Waals surface area (Å²) >= 11 is 0. The highest BCUT2D eigenvalue weighted by Crippen LogP contribution is 2.21. The van der Waals surface area contributed by atoms with E-state index in [9.17, 15) is 9.59 Å². The first-order chi connectivity index (χ1) is 13.0. The quantitative estimate of drug-likeness (QED) is 0.829. The van der Waals surface area contributed by atoms with Gasteiger partial charge in [0.2, 0.25) is 5.91 Å². The van der Waals surface area contributed by atoms with E-state index >= 15 is 0 Å². The van der Waals surface area contributed by atoms with Gasteiger partial charge in [0.15, 0.2) is 5.82 Å². The summed E-state index contributed by atoms with van der Waals surface area (Å²) in [5.41, 5.74) is 1.58. The maximum absolute atomic E-state index is 13.0. The predicted molar refractivity (Wildman–Crippen MR) is 108 cm³/mol. The first-order valence-corrected chi connectivity index (χ1v) is 9.68. The van der Waals surface area contributed by atoms with Crippen molar-refractivity contribution in [2.45, 2.75) is 26.3 Å². The standard InChI is InChI=1S/C20H29N5O2/c1-4-25-17-10-6-5-9-16(17)22-18(20(25)27)24-12-7-8-15(14-24)19(26)21-11-13-23(2)3/h5-6,9-10,15H,4,7-8,11-14H2,1-3H3,(H,21,26). The number of aryl methyl sites for hydroxylation is 1. The van der Waals surface area contributed by atoms with E-state index < -0.39 is 0 Å². The largest absolute Gasteiger partial charge is 0.355 e. The van der Waals surface area contributed by atoms with E-state index in [0.717, 1.165) is 37.0 Å². The second kappa shape index (κ2) is 8.52. The maximum Gasteiger partial charge on any atom is 0.293 e. The highest BCUT2D eigenvalue weighted by atomic mass is 16.2. The highest BCUT2D eigenvalue weighted by molar-refractivity contribution is 5.80. The molecule has 1 aromatic heterocycles. The second-order valence-electron chi connectivity index (χ2n) is 7.35. The molecule has 3 rings (SSSR count). The fraction of sp³-hybridized carbons (Fsp3) is 0.550. The van der Waals surface area contributed by atoms with Gasteiger partial charge < -0.3 is 19.7 Å². The van der Waals surface area contributed by atoms with Crippen molar-refractivity contribution >= 4 is 22.8 Å². The zero-order valence-electron chi connectivity index (χ0n) is 16.4. The molecule has 2 aromatic rings. The van der Waals surface area contributed by atoms with Crippen molar-refractivity contribution in [3.05, 3.63) is 34.6 Å². The van der Waals surface area contributed by atoms with Crippen LogP contribution in [0.15, 0.2) is 29.1 Å². The molecule has 27 heavy (non-hydrogen) atoms. The van der Waals surface area contributed by atoms with Gasteiger partial charge in [0.25, 0.3) is 5.56 Å². The molecule has 146 valence electrons. The van der Waals surface area contributed by atoms with Gasteiger partial charge in [-0.25, -0.2) is 4.98 Å². The normalized spacial score (nSPS) is 17.5. The van der Waals surface area contributed by atoms with Crippen LogP contribution in [-0.2, 0) is 11.3 Å². The monoisotopic (exact) mass is 371 g/mol. The number of nitrogens with one attached hydrogen (secondary N) is 1. The van der Waals surface area contributed by atoms with Gasteiger partial charge >= 0.3 is 0 Å². The van der Waals surface area contributed by atoms with Gasteiger partial charge in [-0.05, 0) is 46.0 Å². The summed E-state index contributed by atoms with van der Waals surface area (Å²) in [5, 5.41) is 3.01. The Morgan fingerprint density at radius 2 is 2.11 bits per heavy atom. The molecule has 1 aliphatic rings. The number of rotatable bonds is 6. The molecule has 1 fully saturated rings. The average molecular weight is 371 g/mol. The van der Waals surface area contributed by atoms with Crippen molar-refractivity contribution in [2.75, 3.05) is 45.2 Å². The summed E-state index contributed by atoms with van der Waals surface area (Å²) in [6.07, 6.45) is 1.73. The van der Waals surface area contributed by atoms with Crippen LogP contribution in [0.25, 0.3) is 11.0 Å². The van der Waals surface area contributed by atoms with Gasteiger partial charge in [-0.3, -0.25) is 9.59 Å². The summed E-state index contributed by atoms with van der Waals surface area (Å²) in [7, 11) is 3.97. The molecule has 0 radical (unpaired) electrons. The van der Waals surface area contributed by atoms with Crippen LogP contribution >= 0.6 is 0 Å². The highest BCUT2D eigenvalue weighted by Gasteiger charge is 2.28. The number of hydrogen-bond donors (Lipinski definition) is 1. The van der Waals surface area contributed by atoms with E-state index in [-0.39, 0.29) is 17.4 Å². The van der Waals surface area contributed by atoms with Crippen LogP contribution in [0.1, 0.15) is 19.8 Å². The number of likely N-dealkylation sites (N-methyl/N-ethyl adjacent to an activating group) is 1. The molecule has 2 heterocycles. The molecule has 1 amide bonds. The number of nitrogens with zero attached hydrogens (tertiary/aromatic N) is 4. The molecule has 1 saturated heterocycles. The van der Waals surface area contributed by atoms with Crippen molar-refractivity contribution in [1.29, 1.82) is 0 Å². The SMILES string of the molecule is CCn1c(=O)c(N2CCCC(C(=O)NCCN(C)C)C2)nc2ccccc21. The van der Waals surface area contributed by atoms with Crippen molar-refractivity contribution in [1.82, 2.24) is 19.8 Å². The lowest BCUT2D eigenvalue weighted by atomic mass is 9.97. The molecule has 1 N–H and O–H groups in total. The molecular weight excluding hydrogens is 342 g/mol. The Hall–Kier alpha value is -2.41. The third kappa shape index (κ3) is 4.30. The molecule has 0 spiro atoms. The minimum Gasteiger partial charge on any atom is -0.355 e. The van der Waals surface area contributed by atoms with Gasteiger partial charge in [0.1, 0.15) is 0 Å². The molecule has 1 aliphatic heterocycles. The number of para-hydroxylation sites is 2. The Labute approximate surface area is 160 Å². The third-order valence-corrected chi connectivity index (χ3v) is 5.10. The van der Waals surface area contributed by atoms with Crippen molar-refractivity contribution < 1.29 is 4.79 Å². The zero-order valence-corrected chi connectivity index (χ0v) is 16.4. The van der Waals surface area contributed by atoms with Crippen LogP contribution in [0, 0.1) is 5.92 Å². The summed E-state index contributed by atoms with van der Waals surface area (Å²) in [6, 6.07) is 7.71. The van der Waals surface area contributed by atoms with E-state index in [0.29, 0.717) is 25.5 Å². The minimum absolute atomic E-state index is 0.0677. The number of fused-ring (bicyclic) bond motifs is 1. The fourth-order valence-corrected chi connectivity index (χ4v) is 3.63. The van der Waals surface area contributed by atoms with Gasteiger partial charge in [0, 0.05) is 32.7 Å². The van der Waals surface area contributed by atoms with Gasteiger partial charge in [-0.15, -0.1) is 0 Å². The minimum atomic E-state index is -0.108. The molecule has 1 aromatic carbocycles. The summed E-state index contributed by atoms with van der Waals surface area (Å²) in [4.78, 5) is 34.2. The predicted octanol–water partition coefficient (Wildman–Crippen LogP) is 1.31. The van der Waals surface area contributed by atoms with Gasteiger partial charge in [0.05, 0.1) is 17.0 Å². The molecule has 0 bridgehead atoms. The third-order valence-electron chi connectivity index (χ3n) is 5.10.